The van der Waals surface area contributed by atoms with E-state index < -0.39 is 0 Å². The Morgan fingerprint density at radius 3 is 2.50 bits per heavy atom. The summed E-state index contributed by atoms with van der Waals surface area (Å²) < 4.78 is 11.7. The lowest BCUT2D eigenvalue weighted by atomic mass is 10.4. The summed E-state index contributed by atoms with van der Waals surface area (Å²) in [5, 5.41) is 0. The third-order valence-electron chi connectivity index (χ3n) is 0.559. The van der Waals surface area contributed by atoms with Crippen molar-refractivity contribution in [3.63, 3.8) is 0 Å². The van der Waals surface area contributed by atoms with E-state index in [1.165, 1.54) is 6.08 Å². The molecule has 0 bridgehead atoms. The lowest BCUT2D eigenvalue weighted by Gasteiger charge is -1.79. The molecule has 0 nitrogen and oxygen atoms in total. The number of hydrogen-bond acceptors (Lipinski definition) is 0. The molecular weight excluding hydrogens is 79.1 g/mol. The third-order valence-corrected chi connectivity index (χ3v) is 0.559. The second-order valence-electron chi connectivity index (χ2n) is 1.00. The van der Waals surface area contributed by atoms with Crippen LogP contribution in [0.15, 0.2) is 11.9 Å². The van der Waals surface area contributed by atoms with Gasteiger partial charge in [-0.1, -0.05) is 13.0 Å². The minimum absolute atomic E-state index is 0.144. The fraction of sp³-hybridized carbons (Fsp3) is 0.400. The van der Waals surface area contributed by atoms with Crippen molar-refractivity contribution >= 4 is 0 Å². The molecule has 0 aliphatic rings. The van der Waals surface area contributed by atoms with E-state index in [9.17, 15) is 4.39 Å². The molecule has 0 atom stereocenters. The van der Waals surface area contributed by atoms with Crippen LogP contribution in [0.1, 0.15) is 13.3 Å². The molecule has 0 heterocycles. The van der Waals surface area contributed by atoms with E-state index in [1.54, 1.807) is 6.92 Å². The van der Waals surface area contributed by atoms with Gasteiger partial charge in [0, 0.05) is 0 Å². The highest BCUT2D eigenvalue weighted by Gasteiger charge is 1.79. The van der Waals surface area contributed by atoms with E-state index in [-0.39, 0.29) is 5.83 Å². The third kappa shape index (κ3) is 1.94. The highest BCUT2D eigenvalue weighted by atomic mass is 19.1. The second-order valence-corrected chi connectivity index (χ2v) is 1.00. The first-order valence-corrected chi connectivity index (χ1v) is 1.95. The van der Waals surface area contributed by atoms with Gasteiger partial charge in [-0.05, 0) is 13.3 Å². The zero-order chi connectivity index (χ0) is 4.99. The average Bonchev–Trinajstić information content (AvgIpc) is 1.65. The molecule has 0 aromatic carbocycles. The molecule has 0 aliphatic heterocycles. The molecule has 1 heteroatoms. The van der Waals surface area contributed by atoms with Gasteiger partial charge in [-0.2, -0.15) is 0 Å². The van der Waals surface area contributed by atoms with Gasteiger partial charge in [0.25, 0.3) is 0 Å². The van der Waals surface area contributed by atoms with Crippen molar-refractivity contribution in [3.8, 4) is 0 Å². The van der Waals surface area contributed by atoms with Crippen LogP contribution in [-0.2, 0) is 0 Å². The summed E-state index contributed by atoms with van der Waals surface area (Å²) in [6.07, 6.45) is 1.68. The summed E-state index contributed by atoms with van der Waals surface area (Å²) in [7, 11) is 0. The predicted molar refractivity (Wildman–Crippen MR) is 24.8 cm³/mol. The van der Waals surface area contributed by atoms with E-state index in [0.29, 0.717) is 6.42 Å². The second kappa shape index (κ2) is 2.88. The molecule has 0 saturated carbocycles. The Bertz CT molecular complexity index is 55.0. The van der Waals surface area contributed by atoms with Crippen LogP contribution < -0.4 is 0 Å². The Labute approximate surface area is 37.7 Å². The van der Waals surface area contributed by atoms with E-state index >= 15 is 0 Å². The van der Waals surface area contributed by atoms with Gasteiger partial charge in [0.1, 0.15) is 0 Å². The molecule has 0 aliphatic carbocycles. The summed E-state index contributed by atoms with van der Waals surface area (Å²) in [6.45, 7) is 4.97. The Balaban J connectivity index is 3.22. The first-order chi connectivity index (χ1) is 2.81. The van der Waals surface area contributed by atoms with Crippen LogP contribution in [-0.4, -0.2) is 0 Å². The van der Waals surface area contributed by atoms with Crippen LogP contribution in [0.2, 0.25) is 0 Å². The molecule has 0 aromatic rings. The summed E-state index contributed by atoms with van der Waals surface area (Å²) in [5.41, 5.74) is 0. The van der Waals surface area contributed by atoms with Crippen LogP contribution in [0.5, 0.6) is 0 Å². The molecular formula is C5H8F. The summed E-state index contributed by atoms with van der Waals surface area (Å²) in [6, 6.07) is 0. The van der Waals surface area contributed by atoms with Gasteiger partial charge >= 0.3 is 0 Å². The van der Waals surface area contributed by atoms with Crippen molar-refractivity contribution in [2.75, 3.05) is 0 Å². The van der Waals surface area contributed by atoms with Crippen molar-refractivity contribution in [1.29, 1.82) is 0 Å². The molecule has 0 N–H and O–H groups in total. The Morgan fingerprint density at radius 1 is 2.00 bits per heavy atom. The fourth-order valence-electron chi connectivity index (χ4n) is 0.144. The monoisotopic (exact) mass is 87.1 g/mol. The van der Waals surface area contributed by atoms with Crippen molar-refractivity contribution in [2.45, 2.75) is 13.3 Å². The van der Waals surface area contributed by atoms with Crippen molar-refractivity contribution < 1.29 is 4.39 Å². The van der Waals surface area contributed by atoms with Gasteiger partial charge in [-0.15, -0.1) is 0 Å². The molecule has 0 amide bonds. The maximum Gasteiger partial charge on any atom is 0.0957 e. The number of halogens is 1. The van der Waals surface area contributed by atoms with E-state index in [0.717, 1.165) is 0 Å². The van der Waals surface area contributed by atoms with Crippen LogP contribution in [0.4, 0.5) is 4.39 Å². The largest absolute Gasteiger partial charge is 0.212 e. The van der Waals surface area contributed by atoms with Gasteiger partial charge < -0.3 is 0 Å². The Morgan fingerprint density at radius 2 is 2.50 bits per heavy atom. The van der Waals surface area contributed by atoms with E-state index in [4.69, 9.17) is 0 Å². The van der Waals surface area contributed by atoms with E-state index in [2.05, 4.69) is 6.92 Å². The smallest absolute Gasteiger partial charge is 0.0957 e. The highest BCUT2D eigenvalue weighted by molar-refractivity contribution is 4.91. The molecule has 0 aromatic heterocycles. The van der Waals surface area contributed by atoms with Gasteiger partial charge in [0.2, 0.25) is 0 Å². The summed E-state index contributed by atoms with van der Waals surface area (Å²) in [5.74, 6) is -0.144. The van der Waals surface area contributed by atoms with Crippen LogP contribution in [0.3, 0.4) is 0 Å². The average molecular weight is 87.1 g/mol. The van der Waals surface area contributed by atoms with Crippen LogP contribution in [0.25, 0.3) is 0 Å². The SMILES string of the molecule is [CH2]C=C(F)CC. The quantitative estimate of drug-likeness (QED) is 0.459. The highest BCUT2D eigenvalue weighted by Crippen LogP contribution is 1.97. The minimum Gasteiger partial charge on any atom is -0.212 e. The molecule has 0 spiro atoms. The lowest BCUT2D eigenvalue weighted by molar-refractivity contribution is 0.604. The number of allylic oxidation sites excluding steroid dienone is 2. The maximum atomic E-state index is 11.7. The first-order valence-electron chi connectivity index (χ1n) is 1.95. The van der Waals surface area contributed by atoms with Gasteiger partial charge in [0.15, 0.2) is 0 Å². The molecule has 0 unspecified atom stereocenters. The van der Waals surface area contributed by atoms with Gasteiger partial charge in [-0.3, -0.25) is 0 Å². The van der Waals surface area contributed by atoms with Crippen molar-refractivity contribution in [2.24, 2.45) is 0 Å². The maximum absolute atomic E-state index is 11.7. The topological polar surface area (TPSA) is 0 Å². The predicted octanol–water partition coefficient (Wildman–Crippen LogP) is 2.08. The van der Waals surface area contributed by atoms with Gasteiger partial charge in [-0.25, -0.2) is 4.39 Å². The molecule has 35 valence electrons. The van der Waals surface area contributed by atoms with Crippen LogP contribution in [0, 0.1) is 6.92 Å². The van der Waals surface area contributed by atoms with Gasteiger partial charge in [0.05, 0.1) is 5.83 Å². The zero-order valence-electron chi connectivity index (χ0n) is 3.87. The lowest BCUT2D eigenvalue weighted by Crippen LogP contribution is -1.61. The molecule has 0 rings (SSSR count). The molecule has 1 radical (unpaired) electrons. The Kier molecular flexibility index (Phi) is 2.73. The number of hydrogen-bond donors (Lipinski definition) is 0. The van der Waals surface area contributed by atoms with Crippen LogP contribution >= 0.6 is 0 Å². The fourth-order valence-corrected chi connectivity index (χ4v) is 0.144. The molecule has 0 saturated heterocycles. The Hall–Kier alpha value is -0.330. The minimum atomic E-state index is -0.144. The zero-order valence-corrected chi connectivity index (χ0v) is 3.87. The van der Waals surface area contributed by atoms with Crippen molar-refractivity contribution in [3.05, 3.63) is 18.8 Å². The molecule has 0 fully saturated rings. The standard InChI is InChI=1S/C5H8F/c1-3-5(6)4-2/h3H,1,4H2,2H3. The summed E-state index contributed by atoms with van der Waals surface area (Å²) >= 11 is 0. The number of rotatable bonds is 1. The summed E-state index contributed by atoms with van der Waals surface area (Å²) in [4.78, 5) is 0. The molecule has 6 heavy (non-hydrogen) atoms. The normalized spacial score (nSPS) is 12.2. The van der Waals surface area contributed by atoms with Crippen molar-refractivity contribution in [1.82, 2.24) is 0 Å². The first kappa shape index (κ1) is 5.67. The van der Waals surface area contributed by atoms with E-state index in [1.807, 2.05) is 0 Å².